The molecule has 3 heteroatoms. The summed E-state index contributed by atoms with van der Waals surface area (Å²) in [7, 11) is 0. The Morgan fingerprint density at radius 2 is 1.80 bits per heavy atom. The first-order valence-electron chi connectivity index (χ1n) is 7.45. The van der Waals surface area contributed by atoms with Crippen molar-refractivity contribution in [2.45, 2.75) is 52.6 Å². The number of likely N-dealkylation sites (tertiary alicyclic amines) is 1. The highest BCUT2D eigenvalue weighted by Crippen LogP contribution is 2.52. The summed E-state index contributed by atoms with van der Waals surface area (Å²) in [6.07, 6.45) is 3.48. The van der Waals surface area contributed by atoms with E-state index in [0.29, 0.717) is 23.4 Å². The van der Waals surface area contributed by atoms with Crippen LogP contribution in [0.4, 0.5) is 8.78 Å². The minimum Gasteiger partial charge on any atom is -0.295 e. The summed E-state index contributed by atoms with van der Waals surface area (Å²) in [6.45, 7) is 8.29. The zero-order valence-electron chi connectivity index (χ0n) is 12.5. The topological polar surface area (TPSA) is 3.24 Å². The summed E-state index contributed by atoms with van der Waals surface area (Å²) in [5.74, 6) is -0.841. The Hall–Kier alpha value is -0.960. The zero-order valence-corrected chi connectivity index (χ0v) is 12.5. The van der Waals surface area contributed by atoms with E-state index >= 15 is 0 Å². The molecule has 0 spiro atoms. The molecule has 1 aromatic carbocycles. The standard InChI is InChI=1S/C17H23F2N/c1-16(2)7-12-8-17(3,10-16)11-20(12)9-13-14(18)5-4-6-15(13)19/h4-6,12H,7-11H2,1-3H3. The monoisotopic (exact) mass is 279 g/mol. The molecule has 2 aliphatic rings. The van der Waals surface area contributed by atoms with E-state index in [1.165, 1.54) is 24.6 Å². The third-order valence-corrected chi connectivity index (χ3v) is 4.95. The summed E-state index contributed by atoms with van der Waals surface area (Å²) < 4.78 is 27.7. The van der Waals surface area contributed by atoms with Gasteiger partial charge in [-0.2, -0.15) is 0 Å². The van der Waals surface area contributed by atoms with Gasteiger partial charge in [0.05, 0.1) is 0 Å². The summed E-state index contributed by atoms with van der Waals surface area (Å²) in [6, 6.07) is 4.60. The fourth-order valence-electron chi connectivity index (χ4n) is 4.65. The smallest absolute Gasteiger partial charge is 0.130 e. The van der Waals surface area contributed by atoms with Crippen LogP contribution in [0.5, 0.6) is 0 Å². The van der Waals surface area contributed by atoms with Gasteiger partial charge in [0, 0.05) is 24.7 Å². The van der Waals surface area contributed by atoms with Crippen molar-refractivity contribution in [2.24, 2.45) is 10.8 Å². The number of rotatable bonds is 2. The lowest BCUT2D eigenvalue weighted by molar-refractivity contribution is 0.126. The maximum atomic E-state index is 13.8. The van der Waals surface area contributed by atoms with Crippen LogP contribution in [-0.4, -0.2) is 17.5 Å². The van der Waals surface area contributed by atoms with Crippen LogP contribution in [0, 0.1) is 22.5 Å². The zero-order chi connectivity index (χ0) is 14.5. The Kier molecular flexibility index (Phi) is 3.16. The van der Waals surface area contributed by atoms with Gasteiger partial charge in [-0.1, -0.05) is 26.8 Å². The molecule has 2 fully saturated rings. The Balaban J connectivity index is 1.83. The molecule has 0 radical (unpaired) electrons. The van der Waals surface area contributed by atoms with Crippen molar-refractivity contribution < 1.29 is 8.78 Å². The van der Waals surface area contributed by atoms with E-state index in [-0.39, 0.29) is 5.56 Å². The van der Waals surface area contributed by atoms with Crippen molar-refractivity contribution >= 4 is 0 Å². The Bertz CT molecular complexity index is 505. The average molecular weight is 279 g/mol. The maximum Gasteiger partial charge on any atom is 0.130 e. The van der Waals surface area contributed by atoms with Crippen molar-refractivity contribution in [1.29, 1.82) is 0 Å². The van der Waals surface area contributed by atoms with Gasteiger partial charge in [0.2, 0.25) is 0 Å². The van der Waals surface area contributed by atoms with Gasteiger partial charge < -0.3 is 0 Å². The van der Waals surface area contributed by atoms with E-state index in [1.807, 2.05) is 0 Å². The van der Waals surface area contributed by atoms with Crippen molar-refractivity contribution in [3.8, 4) is 0 Å². The predicted octanol–water partition coefficient (Wildman–Crippen LogP) is 4.37. The van der Waals surface area contributed by atoms with Gasteiger partial charge in [-0.05, 0) is 42.2 Å². The van der Waals surface area contributed by atoms with Gasteiger partial charge in [-0.3, -0.25) is 4.90 Å². The normalized spacial score (nSPS) is 32.5. The van der Waals surface area contributed by atoms with Crippen molar-refractivity contribution in [2.75, 3.05) is 6.54 Å². The van der Waals surface area contributed by atoms with E-state index in [4.69, 9.17) is 0 Å². The molecule has 0 amide bonds. The second-order valence-electron chi connectivity index (χ2n) is 7.82. The Labute approximate surface area is 120 Å². The van der Waals surface area contributed by atoms with Gasteiger partial charge in [0.25, 0.3) is 0 Å². The number of fused-ring (bicyclic) bond motifs is 2. The maximum absolute atomic E-state index is 13.8. The van der Waals surface area contributed by atoms with Gasteiger partial charge in [-0.25, -0.2) is 8.78 Å². The lowest BCUT2D eigenvalue weighted by Gasteiger charge is -2.40. The molecule has 20 heavy (non-hydrogen) atoms. The molecule has 2 atom stereocenters. The SMILES string of the molecule is CC1(C)CC2CC(C)(CN2Cc2c(F)cccc2F)C1. The average Bonchev–Trinajstić information content (AvgIpc) is 2.53. The number of benzene rings is 1. The van der Waals surface area contributed by atoms with Gasteiger partial charge in [0.15, 0.2) is 0 Å². The summed E-state index contributed by atoms with van der Waals surface area (Å²) in [5.41, 5.74) is 0.857. The van der Waals surface area contributed by atoms with Crippen LogP contribution >= 0.6 is 0 Å². The van der Waals surface area contributed by atoms with Crippen LogP contribution in [0.1, 0.15) is 45.6 Å². The minimum absolute atomic E-state index is 0.224. The molecule has 1 saturated heterocycles. The molecule has 1 heterocycles. The first kappa shape index (κ1) is 14.0. The molecule has 0 aromatic heterocycles. The van der Waals surface area contributed by atoms with E-state index in [0.717, 1.165) is 19.4 Å². The first-order valence-corrected chi connectivity index (χ1v) is 7.45. The fourth-order valence-corrected chi connectivity index (χ4v) is 4.65. The fraction of sp³-hybridized carbons (Fsp3) is 0.647. The molecular weight excluding hydrogens is 256 g/mol. The molecular formula is C17H23F2N. The van der Waals surface area contributed by atoms with Crippen LogP contribution in [0.3, 0.4) is 0 Å². The van der Waals surface area contributed by atoms with Crippen LogP contribution in [0.25, 0.3) is 0 Å². The third-order valence-electron chi connectivity index (χ3n) is 4.95. The first-order chi connectivity index (χ1) is 9.28. The quantitative estimate of drug-likeness (QED) is 0.777. The van der Waals surface area contributed by atoms with E-state index in [9.17, 15) is 8.78 Å². The van der Waals surface area contributed by atoms with Gasteiger partial charge >= 0.3 is 0 Å². The number of nitrogens with zero attached hydrogens (tertiary/aromatic N) is 1. The lowest BCUT2D eigenvalue weighted by Crippen LogP contribution is -2.34. The molecule has 2 bridgehead atoms. The van der Waals surface area contributed by atoms with E-state index in [1.54, 1.807) is 0 Å². The number of hydrogen-bond acceptors (Lipinski definition) is 1. The molecule has 1 aliphatic heterocycles. The molecule has 0 N–H and O–H groups in total. The van der Waals surface area contributed by atoms with E-state index < -0.39 is 11.6 Å². The molecule has 1 nitrogen and oxygen atoms in total. The second kappa shape index (κ2) is 4.52. The van der Waals surface area contributed by atoms with Crippen LogP contribution in [0.2, 0.25) is 0 Å². The molecule has 1 aliphatic carbocycles. The largest absolute Gasteiger partial charge is 0.295 e. The Morgan fingerprint density at radius 1 is 1.15 bits per heavy atom. The van der Waals surface area contributed by atoms with Crippen molar-refractivity contribution in [3.05, 3.63) is 35.4 Å². The highest BCUT2D eigenvalue weighted by Gasteiger charge is 2.49. The molecule has 1 aromatic rings. The van der Waals surface area contributed by atoms with Crippen LogP contribution in [0.15, 0.2) is 18.2 Å². The predicted molar refractivity (Wildman–Crippen MR) is 76.3 cm³/mol. The highest BCUT2D eigenvalue weighted by molar-refractivity contribution is 5.20. The number of halogens is 2. The van der Waals surface area contributed by atoms with Crippen LogP contribution in [-0.2, 0) is 6.54 Å². The number of hydrogen-bond donors (Lipinski definition) is 0. The molecule has 3 rings (SSSR count). The second-order valence-corrected chi connectivity index (χ2v) is 7.82. The molecule has 2 unspecified atom stereocenters. The summed E-state index contributed by atoms with van der Waals surface area (Å²) in [5, 5.41) is 0. The van der Waals surface area contributed by atoms with Gasteiger partial charge in [-0.15, -0.1) is 0 Å². The highest BCUT2D eigenvalue weighted by atomic mass is 19.1. The van der Waals surface area contributed by atoms with Gasteiger partial charge in [0.1, 0.15) is 11.6 Å². The summed E-state index contributed by atoms with van der Waals surface area (Å²) in [4.78, 5) is 2.29. The van der Waals surface area contributed by atoms with Crippen molar-refractivity contribution in [3.63, 3.8) is 0 Å². The van der Waals surface area contributed by atoms with Crippen molar-refractivity contribution in [1.82, 2.24) is 4.90 Å². The van der Waals surface area contributed by atoms with Crippen LogP contribution < -0.4 is 0 Å². The minimum atomic E-state index is -0.420. The molecule has 110 valence electrons. The van der Waals surface area contributed by atoms with E-state index in [2.05, 4.69) is 25.7 Å². The lowest BCUT2D eigenvalue weighted by atomic mass is 9.65. The summed E-state index contributed by atoms with van der Waals surface area (Å²) >= 11 is 0. The third kappa shape index (κ3) is 2.48. The Morgan fingerprint density at radius 3 is 2.45 bits per heavy atom. The molecule has 1 saturated carbocycles.